The fourth-order valence-electron chi connectivity index (χ4n) is 1.19. The Morgan fingerprint density at radius 2 is 2.11 bits per heavy atom. The average molecular weight is 243 g/mol. The first-order chi connectivity index (χ1) is 8.83. The number of hydrogen-bond acceptors (Lipinski definition) is 2. The van der Waals surface area contributed by atoms with Gasteiger partial charge in [0.1, 0.15) is 0 Å². The molecule has 0 aliphatic rings. The molecular weight excluding hydrogens is 230 g/mol. The summed E-state index contributed by atoms with van der Waals surface area (Å²) in [7, 11) is 0. The Bertz CT molecular complexity index is 474. The maximum Gasteiger partial charge on any atom is 0.396 e. The highest BCUT2D eigenvalue weighted by molar-refractivity contribution is 5.67. The lowest BCUT2D eigenvalue weighted by atomic mass is 10.2. The highest BCUT2D eigenvalue weighted by Crippen LogP contribution is 2.01. The number of nitrogens with zero attached hydrogens (tertiary/aromatic N) is 3. The van der Waals surface area contributed by atoms with E-state index in [9.17, 15) is 4.79 Å². The zero-order valence-corrected chi connectivity index (χ0v) is 9.77. The number of amides is 1. The molecule has 0 saturated carbocycles. The van der Waals surface area contributed by atoms with E-state index in [1.54, 1.807) is 0 Å². The second kappa shape index (κ2) is 8.61. The van der Waals surface area contributed by atoms with E-state index in [1.165, 1.54) is 0 Å². The van der Waals surface area contributed by atoms with E-state index >= 15 is 0 Å². The molecule has 5 nitrogen and oxygen atoms in total. The van der Waals surface area contributed by atoms with Crippen LogP contribution in [0.3, 0.4) is 0 Å². The van der Waals surface area contributed by atoms with Gasteiger partial charge in [-0.3, -0.25) is 0 Å². The molecule has 92 valence electrons. The number of carbonyl (C=O) groups is 1. The Morgan fingerprint density at radius 1 is 1.33 bits per heavy atom. The highest BCUT2D eigenvalue weighted by Gasteiger charge is 1.94. The largest absolute Gasteiger partial charge is 0.461 e. The van der Waals surface area contributed by atoms with Gasteiger partial charge in [-0.15, -0.1) is 0 Å². The zero-order chi connectivity index (χ0) is 13.1. The van der Waals surface area contributed by atoms with Gasteiger partial charge in [-0.2, -0.15) is 0 Å². The third kappa shape index (κ3) is 6.15. The summed E-state index contributed by atoms with van der Waals surface area (Å²) in [5.41, 5.74) is 9.07. The second-order valence-corrected chi connectivity index (χ2v) is 3.29. The molecule has 0 unspecified atom stereocenters. The molecule has 0 spiro atoms. The molecule has 0 aliphatic heterocycles. The molecule has 18 heavy (non-hydrogen) atoms. The fraction of sp³-hybridized carbons (Fsp3) is 0.154. The van der Waals surface area contributed by atoms with Crippen LogP contribution in [0.4, 0.5) is 4.79 Å². The van der Waals surface area contributed by atoms with E-state index in [0.717, 1.165) is 5.56 Å². The van der Waals surface area contributed by atoms with Gasteiger partial charge < -0.3 is 4.74 Å². The van der Waals surface area contributed by atoms with Crippen LogP contribution in [0.5, 0.6) is 0 Å². The van der Waals surface area contributed by atoms with Crippen molar-refractivity contribution in [2.24, 2.45) is 5.11 Å². The molecule has 0 aromatic heterocycles. The van der Waals surface area contributed by atoms with Gasteiger partial charge in [-0.1, -0.05) is 54.6 Å². The van der Waals surface area contributed by atoms with Crippen LogP contribution >= 0.6 is 0 Å². The summed E-state index contributed by atoms with van der Waals surface area (Å²) in [6.45, 7) is 0.202. The van der Waals surface area contributed by atoms with Crippen LogP contribution in [-0.4, -0.2) is 12.7 Å². The van der Waals surface area contributed by atoms with Crippen molar-refractivity contribution in [2.45, 2.75) is 6.42 Å². The third-order valence-electron chi connectivity index (χ3n) is 1.97. The molecule has 0 heterocycles. The molecule has 0 aliphatic carbocycles. The number of hydrogen-bond donors (Lipinski definition) is 0. The van der Waals surface area contributed by atoms with Crippen molar-refractivity contribution in [3.8, 4) is 0 Å². The number of benzene rings is 1. The van der Waals surface area contributed by atoms with Crippen LogP contribution in [-0.2, 0) is 4.74 Å². The molecule has 5 heteroatoms. The van der Waals surface area contributed by atoms with E-state index in [0.29, 0.717) is 6.42 Å². The van der Waals surface area contributed by atoms with E-state index in [4.69, 9.17) is 5.53 Å². The van der Waals surface area contributed by atoms with Crippen molar-refractivity contribution in [3.63, 3.8) is 0 Å². The summed E-state index contributed by atoms with van der Waals surface area (Å²) in [4.78, 5) is 13.0. The molecule has 0 N–H and O–H groups in total. The monoisotopic (exact) mass is 243 g/mol. The summed E-state index contributed by atoms with van der Waals surface area (Å²) in [5.74, 6) is 0. The maximum absolute atomic E-state index is 10.6. The Hall–Kier alpha value is -2.52. The van der Waals surface area contributed by atoms with Gasteiger partial charge in [0.15, 0.2) is 0 Å². The minimum Gasteiger partial charge on any atom is -0.461 e. The lowest BCUT2D eigenvalue weighted by Crippen LogP contribution is -1.98. The molecular formula is C13H13N3O2. The van der Waals surface area contributed by atoms with Crippen molar-refractivity contribution >= 4 is 12.2 Å². The zero-order valence-electron chi connectivity index (χ0n) is 9.77. The minimum absolute atomic E-state index is 0.202. The molecule has 1 rings (SSSR count). The molecule has 1 aromatic carbocycles. The van der Waals surface area contributed by atoms with Crippen molar-refractivity contribution in [2.75, 3.05) is 6.61 Å². The van der Waals surface area contributed by atoms with E-state index in [-0.39, 0.29) is 6.61 Å². The lowest BCUT2D eigenvalue weighted by Gasteiger charge is -1.95. The van der Waals surface area contributed by atoms with Crippen molar-refractivity contribution in [1.29, 1.82) is 0 Å². The third-order valence-corrected chi connectivity index (χ3v) is 1.97. The SMILES string of the molecule is [N-]=[N+]=NC(=O)OCC/C=C/C=C\c1ccccc1. The van der Waals surface area contributed by atoms with Gasteiger partial charge in [0.2, 0.25) is 0 Å². The normalized spacial score (nSPS) is 10.4. The van der Waals surface area contributed by atoms with Crippen LogP contribution in [0, 0.1) is 0 Å². The molecule has 1 amide bonds. The molecule has 0 atom stereocenters. The summed E-state index contributed by atoms with van der Waals surface area (Å²) >= 11 is 0. The van der Waals surface area contributed by atoms with E-state index in [1.807, 2.05) is 54.6 Å². The summed E-state index contributed by atoms with van der Waals surface area (Å²) in [5, 5.41) is 2.78. The topological polar surface area (TPSA) is 75.1 Å². The summed E-state index contributed by atoms with van der Waals surface area (Å²) < 4.78 is 4.61. The number of ether oxygens (including phenoxy) is 1. The summed E-state index contributed by atoms with van der Waals surface area (Å²) in [6.07, 6.45) is 7.29. The van der Waals surface area contributed by atoms with Crippen LogP contribution in [0.2, 0.25) is 0 Å². The predicted octanol–water partition coefficient (Wildman–Crippen LogP) is 4.09. The van der Waals surface area contributed by atoms with Crippen LogP contribution in [0.1, 0.15) is 12.0 Å². The fourth-order valence-corrected chi connectivity index (χ4v) is 1.19. The Kier molecular flexibility index (Phi) is 6.48. The first-order valence-electron chi connectivity index (χ1n) is 5.43. The first-order valence-corrected chi connectivity index (χ1v) is 5.43. The number of rotatable bonds is 5. The van der Waals surface area contributed by atoms with Crippen molar-refractivity contribution in [3.05, 3.63) is 64.6 Å². The molecule has 0 fully saturated rings. The van der Waals surface area contributed by atoms with Gasteiger partial charge >= 0.3 is 6.09 Å². The van der Waals surface area contributed by atoms with Gasteiger partial charge in [-0.25, -0.2) is 4.79 Å². The van der Waals surface area contributed by atoms with Gasteiger partial charge in [-0.05, 0) is 17.5 Å². The van der Waals surface area contributed by atoms with Gasteiger partial charge in [0, 0.05) is 10.0 Å². The minimum atomic E-state index is -0.897. The Balaban J connectivity index is 2.20. The van der Waals surface area contributed by atoms with E-state index < -0.39 is 6.09 Å². The van der Waals surface area contributed by atoms with Crippen LogP contribution < -0.4 is 0 Å². The second-order valence-electron chi connectivity index (χ2n) is 3.29. The summed E-state index contributed by atoms with van der Waals surface area (Å²) in [6, 6.07) is 9.92. The Morgan fingerprint density at radius 3 is 2.83 bits per heavy atom. The predicted molar refractivity (Wildman–Crippen MR) is 69.7 cm³/mol. The molecule has 1 aromatic rings. The first kappa shape index (κ1) is 13.5. The van der Waals surface area contributed by atoms with Crippen molar-refractivity contribution < 1.29 is 9.53 Å². The number of azide groups is 1. The number of allylic oxidation sites excluding steroid dienone is 2. The standard InChI is InChI=1S/C13H13N3O2/c14-16-15-13(17)18-11-7-2-1-4-8-12-9-5-3-6-10-12/h1-6,8-10H,7,11H2/b2-1+,8-4-. The molecule has 0 bridgehead atoms. The van der Waals surface area contributed by atoms with Crippen LogP contribution in [0.25, 0.3) is 16.5 Å². The number of carbonyl (C=O) groups excluding carboxylic acids is 1. The smallest absolute Gasteiger partial charge is 0.396 e. The quantitative estimate of drug-likeness (QED) is 0.257. The average Bonchev–Trinajstić information content (AvgIpc) is 2.39. The lowest BCUT2D eigenvalue weighted by molar-refractivity contribution is 0.159. The molecule has 0 saturated heterocycles. The van der Waals surface area contributed by atoms with Crippen LogP contribution in [0.15, 0.2) is 53.7 Å². The highest BCUT2D eigenvalue weighted by atomic mass is 16.5. The van der Waals surface area contributed by atoms with Gasteiger partial charge in [0.25, 0.3) is 0 Å². The van der Waals surface area contributed by atoms with Gasteiger partial charge in [0.05, 0.1) is 6.61 Å². The molecule has 0 radical (unpaired) electrons. The van der Waals surface area contributed by atoms with Crippen molar-refractivity contribution in [1.82, 2.24) is 0 Å². The maximum atomic E-state index is 10.6. The van der Waals surface area contributed by atoms with E-state index in [2.05, 4.69) is 14.8 Å². The Labute approximate surface area is 105 Å².